The van der Waals surface area contributed by atoms with Crippen molar-refractivity contribution < 1.29 is 22.7 Å². The Bertz CT molecular complexity index is 927. The topological polar surface area (TPSA) is 102 Å². The van der Waals surface area contributed by atoms with Gasteiger partial charge in [-0.25, -0.2) is 8.42 Å². The molecule has 2 aromatic carbocycles. The van der Waals surface area contributed by atoms with Gasteiger partial charge in [0.15, 0.2) is 9.84 Å². The molecule has 0 heterocycles. The molecular weight excluding hydrogens is 380 g/mol. The lowest BCUT2D eigenvalue weighted by atomic mass is 10.1. The molecule has 0 aliphatic rings. The molecule has 2 N–H and O–H groups in total. The number of halogens is 1. The molecule has 0 spiro atoms. The minimum atomic E-state index is -3.15. The van der Waals surface area contributed by atoms with Crippen LogP contribution in [-0.2, 0) is 15.6 Å². The average molecular weight is 397 g/mol. The zero-order valence-corrected chi connectivity index (χ0v) is 15.6. The van der Waals surface area contributed by atoms with E-state index in [-0.39, 0.29) is 16.9 Å². The molecule has 0 aliphatic carbocycles. The summed E-state index contributed by atoms with van der Waals surface area (Å²) in [5.41, 5.74) is 5.56. The molecule has 0 saturated carbocycles. The Morgan fingerprint density at radius 1 is 1.04 bits per heavy atom. The van der Waals surface area contributed by atoms with Crippen molar-refractivity contribution in [2.45, 2.75) is 5.75 Å². The van der Waals surface area contributed by atoms with Gasteiger partial charge in [-0.15, -0.1) is 0 Å². The van der Waals surface area contributed by atoms with E-state index in [1.807, 2.05) is 0 Å². The maximum atomic E-state index is 12.2. The number of sulfone groups is 1. The van der Waals surface area contributed by atoms with Crippen LogP contribution in [0.4, 0.5) is 0 Å². The minimum Gasteiger partial charge on any atom is -0.496 e. The van der Waals surface area contributed by atoms with Crippen LogP contribution in [-0.4, -0.2) is 33.6 Å². The Kier molecular flexibility index (Phi) is 6.23. The van der Waals surface area contributed by atoms with E-state index in [4.69, 9.17) is 16.3 Å². The van der Waals surface area contributed by atoms with Crippen LogP contribution in [0.3, 0.4) is 0 Å². The van der Waals surface area contributed by atoms with E-state index in [1.165, 1.54) is 37.4 Å². The molecule has 7 nitrogen and oxygen atoms in total. The summed E-state index contributed by atoms with van der Waals surface area (Å²) in [6.07, 6.45) is 1.13. The first-order valence-corrected chi connectivity index (χ1v) is 9.84. The quantitative estimate of drug-likeness (QED) is 0.752. The number of hydrogen-bond acceptors (Lipinski definition) is 5. The van der Waals surface area contributed by atoms with Gasteiger partial charge in [0.25, 0.3) is 11.8 Å². The van der Waals surface area contributed by atoms with Gasteiger partial charge >= 0.3 is 0 Å². The number of hydrogen-bond donors (Lipinski definition) is 2. The Labute approximate surface area is 156 Å². The van der Waals surface area contributed by atoms with Crippen molar-refractivity contribution in [3.8, 4) is 5.75 Å². The number of ether oxygens (including phenoxy) is 1. The fraction of sp³-hybridized carbons (Fsp3) is 0.176. The Morgan fingerprint density at radius 3 is 2.23 bits per heavy atom. The highest BCUT2D eigenvalue weighted by Gasteiger charge is 2.14. The van der Waals surface area contributed by atoms with Crippen molar-refractivity contribution in [2.24, 2.45) is 0 Å². The van der Waals surface area contributed by atoms with Crippen LogP contribution < -0.4 is 15.6 Å². The molecule has 0 unspecified atom stereocenters. The highest BCUT2D eigenvalue weighted by Crippen LogP contribution is 2.22. The summed E-state index contributed by atoms with van der Waals surface area (Å²) < 4.78 is 27.6. The first-order chi connectivity index (χ1) is 12.2. The molecule has 0 fully saturated rings. The van der Waals surface area contributed by atoms with Gasteiger partial charge in [-0.2, -0.15) is 0 Å². The van der Waals surface area contributed by atoms with Gasteiger partial charge in [0.1, 0.15) is 5.75 Å². The molecule has 2 amide bonds. The highest BCUT2D eigenvalue weighted by molar-refractivity contribution is 7.89. The summed E-state index contributed by atoms with van der Waals surface area (Å²) in [4.78, 5) is 24.3. The van der Waals surface area contributed by atoms with Crippen LogP contribution in [0.25, 0.3) is 0 Å². The van der Waals surface area contributed by atoms with Gasteiger partial charge in [-0.05, 0) is 35.9 Å². The molecule has 0 saturated heterocycles. The summed E-state index contributed by atoms with van der Waals surface area (Å²) in [5.74, 6) is -0.942. The Morgan fingerprint density at radius 2 is 1.65 bits per heavy atom. The zero-order valence-electron chi connectivity index (χ0n) is 14.1. The number of rotatable bonds is 5. The molecule has 26 heavy (non-hydrogen) atoms. The number of benzene rings is 2. The Hall–Kier alpha value is -2.58. The Balaban J connectivity index is 2.02. The van der Waals surface area contributed by atoms with E-state index in [0.717, 1.165) is 6.26 Å². The maximum Gasteiger partial charge on any atom is 0.273 e. The number of hydrazine groups is 1. The molecule has 0 atom stereocenters. The second kappa shape index (κ2) is 8.20. The second-order valence-electron chi connectivity index (χ2n) is 5.52. The smallest absolute Gasteiger partial charge is 0.273 e. The van der Waals surface area contributed by atoms with Gasteiger partial charge in [-0.1, -0.05) is 23.7 Å². The largest absolute Gasteiger partial charge is 0.496 e. The molecule has 138 valence electrons. The normalized spacial score (nSPS) is 10.9. The summed E-state index contributed by atoms with van der Waals surface area (Å²) in [5, 5.41) is 0.351. The van der Waals surface area contributed by atoms with Crippen LogP contribution >= 0.6 is 11.6 Å². The average Bonchev–Trinajstić information content (AvgIpc) is 2.58. The number of carbonyl (C=O) groups excluding carboxylic acids is 2. The van der Waals surface area contributed by atoms with Gasteiger partial charge in [0.05, 0.1) is 18.4 Å². The molecular formula is C17H17ClN2O5S. The number of methoxy groups -OCH3 is 1. The summed E-state index contributed by atoms with van der Waals surface area (Å²) in [6, 6.07) is 10.6. The van der Waals surface area contributed by atoms with Crippen LogP contribution in [0.1, 0.15) is 26.3 Å². The summed E-state index contributed by atoms with van der Waals surface area (Å²) >= 11 is 5.87. The monoisotopic (exact) mass is 396 g/mol. The second-order valence-corrected chi connectivity index (χ2v) is 8.10. The van der Waals surface area contributed by atoms with E-state index in [9.17, 15) is 18.0 Å². The summed E-state index contributed by atoms with van der Waals surface area (Å²) in [6.45, 7) is 0. The maximum absolute atomic E-state index is 12.2. The lowest BCUT2D eigenvalue weighted by Crippen LogP contribution is -2.41. The molecule has 0 bridgehead atoms. The molecule has 2 aromatic rings. The molecule has 2 rings (SSSR count). The number of carbonyl (C=O) groups is 2. The van der Waals surface area contributed by atoms with Crippen molar-refractivity contribution in [1.29, 1.82) is 0 Å². The van der Waals surface area contributed by atoms with Crippen molar-refractivity contribution in [3.05, 3.63) is 64.2 Å². The standard InChI is InChI=1S/C17H17ClN2O5S/c1-25-15-8-7-13(18)9-14(15)17(22)20-19-16(21)12-5-3-11(4-6-12)10-26(2,23)24/h3-9H,10H2,1-2H3,(H,19,21)(H,20,22). The minimum absolute atomic E-state index is 0.111. The van der Waals surface area contributed by atoms with Gasteiger partial charge in [0.2, 0.25) is 0 Å². The highest BCUT2D eigenvalue weighted by atomic mass is 35.5. The third kappa shape index (κ3) is 5.47. The first kappa shape index (κ1) is 19.7. The molecule has 0 aliphatic heterocycles. The lowest BCUT2D eigenvalue weighted by Gasteiger charge is -2.11. The number of nitrogens with one attached hydrogen (secondary N) is 2. The van der Waals surface area contributed by atoms with Crippen molar-refractivity contribution in [3.63, 3.8) is 0 Å². The van der Waals surface area contributed by atoms with Crippen LogP contribution in [0.2, 0.25) is 5.02 Å². The first-order valence-electron chi connectivity index (χ1n) is 7.40. The van der Waals surface area contributed by atoms with Gasteiger partial charge < -0.3 is 4.74 Å². The molecule has 9 heteroatoms. The van der Waals surface area contributed by atoms with Gasteiger partial charge in [-0.3, -0.25) is 20.4 Å². The predicted molar refractivity (Wildman–Crippen MR) is 97.9 cm³/mol. The van der Waals surface area contributed by atoms with Crippen LogP contribution in [0, 0.1) is 0 Å². The molecule has 0 radical (unpaired) electrons. The third-order valence-corrected chi connectivity index (χ3v) is 4.43. The fourth-order valence-electron chi connectivity index (χ4n) is 2.17. The number of amides is 2. The van der Waals surface area contributed by atoms with E-state index in [1.54, 1.807) is 12.1 Å². The van der Waals surface area contributed by atoms with Gasteiger partial charge in [0, 0.05) is 16.8 Å². The van der Waals surface area contributed by atoms with E-state index < -0.39 is 21.7 Å². The molecule has 0 aromatic heterocycles. The zero-order chi connectivity index (χ0) is 19.3. The van der Waals surface area contributed by atoms with E-state index in [0.29, 0.717) is 16.3 Å². The van der Waals surface area contributed by atoms with Crippen molar-refractivity contribution in [2.75, 3.05) is 13.4 Å². The van der Waals surface area contributed by atoms with E-state index >= 15 is 0 Å². The van der Waals surface area contributed by atoms with Crippen molar-refractivity contribution in [1.82, 2.24) is 10.9 Å². The predicted octanol–water partition coefficient (Wildman–Crippen LogP) is 1.97. The third-order valence-electron chi connectivity index (χ3n) is 3.34. The lowest BCUT2D eigenvalue weighted by molar-refractivity contribution is 0.0845. The fourth-order valence-corrected chi connectivity index (χ4v) is 3.14. The SMILES string of the molecule is COc1ccc(Cl)cc1C(=O)NNC(=O)c1ccc(CS(C)(=O)=O)cc1. The van der Waals surface area contributed by atoms with Crippen LogP contribution in [0.5, 0.6) is 5.75 Å². The summed E-state index contributed by atoms with van der Waals surface area (Å²) in [7, 11) is -1.74. The van der Waals surface area contributed by atoms with Crippen LogP contribution in [0.15, 0.2) is 42.5 Å². The van der Waals surface area contributed by atoms with Crippen molar-refractivity contribution >= 4 is 33.3 Å². The van der Waals surface area contributed by atoms with E-state index in [2.05, 4.69) is 10.9 Å².